The van der Waals surface area contributed by atoms with E-state index < -0.39 is 0 Å². The number of piperidine rings is 1. The highest BCUT2D eigenvalue weighted by Crippen LogP contribution is 2.37. The molecule has 0 spiro atoms. The fraction of sp³-hybridized carbons (Fsp3) is 0.318. The Kier molecular flexibility index (Phi) is 4.51. The number of hydrogen-bond donors (Lipinski definition) is 0. The van der Waals surface area contributed by atoms with Crippen LogP contribution in [-0.4, -0.2) is 54.5 Å². The third kappa shape index (κ3) is 3.05. The topological polar surface area (TPSA) is 99.1 Å². The molecule has 2 aliphatic heterocycles. The van der Waals surface area contributed by atoms with Crippen molar-refractivity contribution < 1.29 is 4.79 Å². The lowest BCUT2D eigenvalue weighted by Crippen LogP contribution is -2.47. The lowest BCUT2D eigenvalue weighted by molar-refractivity contribution is 0.247. The van der Waals surface area contributed by atoms with E-state index in [0.717, 1.165) is 59.9 Å². The number of imidazole rings is 1. The Labute approximate surface area is 194 Å². The van der Waals surface area contributed by atoms with Crippen molar-refractivity contribution >= 4 is 46.0 Å². The lowest BCUT2D eigenvalue weighted by atomic mass is 10.0. The predicted molar refractivity (Wildman–Crippen MR) is 125 cm³/mol. The quantitative estimate of drug-likeness (QED) is 0.463. The Morgan fingerprint density at radius 1 is 1.09 bits per heavy atom. The molecule has 0 unspecified atom stereocenters. The minimum atomic E-state index is -0.179. The van der Waals surface area contributed by atoms with E-state index in [0.29, 0.717) is 11.0 Å². The molecule has 1 radical (unpaired) electrons. The minimum absolute atomic E-state index is 0.104. The second kappa shape index (κ2) is 7.45. The van der Waals surface area contributed by atoms with Crippen molar-refractivity contribution in [2.75, 3.05) is 22.9 Å². The lowest BCUT2D eigenvalue weighted by Gasteiger charge is -2.36. The average molecular weight is 463 g/mol. The van der Waals surface area contributed by atoms with Crippen LogP contribution < -0.4 is 15.1 Å². The van der Waals surface area contributed by atoms with Crippen molar-refractivity contribution in [3.63, 3.8) is 0 Å². The molecule has 33 heavy (non-hydrogen) atoms. The van der Waals surface area contributed by atoms with Gasteiger partial charge in [0.2, 0.25) is 0 Å². The van der Waals surface area contributed by atoms with Gasteiger partial charge in [-0.1, -0.05) is 23.7 Å². The Balaban J connectivity index is 1.29. The van der Waals surface area contributed by atoms with Crippen molar-refractivity contribution in [2.45, 2.75) is 18.9 Å². The normalized spacial score (nSPS) is 16.5. The fourth-order valence-electron chi connectivity index (χ4n) is 4.74. The van der Waals surface area contributed by atoms with Crippen molar-refractivity contribution in [1.82, 2.24) is 34.6 Å². The molecule has 4 aromatic rings. The van der Waals surface area contributed by atoms with E-state index in [1.807, 2.05) is 40.8 Å². The molecule has 0 bridgehead atoms. The highest BCUT2D eigenvalue weighted by molar-refractivity contribution is 6.32. The molecule has 1 aromatic carbocycles. The molecule has 0 N–H and O–H groups in total. The number of rotatable bonds is 3. The van der Waals surface area contributed by atoms with Gasteiger partial charge in [-0.15, -0.1) is 0 Å². The summed E-state index contributed by atoms with van der Waals surface area (Å²) in [5, 5.41) is 8.95. The standard InChI is InChI=1S/C22H21ClN9O/c1-29-19(14-11-26-30(2)18(14)23)28-17-20(29)24-12-25-21(17)31-9-7-13(8-10-31)32-16-6-4-3-5-15(16)27-22(32)33/h3-6,11-13H,7-10H2,1-2H3. The summed E-state index contributed by atoms with van der Waals surface area (Å²) in [5.74, 6) is 1.48. The molecule has 10 nitrogen and oxygen atoms in total. The molecule has 2 amide bonds. The number of amides is 2. The summed E-state index contributed by atoms with van der Waals surface area (Å²) in [6.45, 7) is 1.50. The molecule has 5 heterocycles. The molecule has 6 rings (SSSR count). The number of aryl methyl sites for hydroxylation is 2. The average Bonchev–Trinajstić information content (AvgIpc) is 3.46. The summed E-state index contributed by atoms with van der Waals surface area (Å²) in [4.78, 5) is 30.5. The number of fused-ring (bicyclic) bond motifs is 2. The molecule has 0 atom stereocenters. The molecule has 2 aliphatic rings. The van der Waals surface area contributed by atoms with Gasteiger partial charge in [0.15, 0.2) is 17.0 Å². The maximum absolute atomic E-state index is 12.6. The number of carbonyl (C=O) groups excluding carboxylic acids is 1. The Bertz CT molecular complexity index is 1390. The first-order valence-electron chi connectivity index (χ1n) is 10.8. The van der Waals surface area contributed by atoms with Crippen molar-refractivity contribution in [3.8, 4) is 11.4 Å². The van der Waals surface area contributed by atoms with Gasteiger partial charge in [0, 0.05) is 33.2 Å². The number of carbonyl (C=O) groups is 1. The molecular weight excluding hydrogens is 442 g/mol. The summed E-state index contributed by atoms with van der Waals surface area (Å²) in [6.07, 6.45) is 4.90. The summed E-state index contributed by atoms with van der Waals surface area (Å²) in [5.41, 5.74) is 3.86. The van der Waals surface area contributed by atoms with E-state index in [1.165, 1.54) is 0 Å². The maximum Gasteiger partial charge on any atom is 0.348 e. The number of anilines is 2. The van der Waals surface area contributed by atoms with Gasteiger partial charge in [0.05, 0.1) is 23.1 Å². The van der Waals surface area contributed by atoms with Crippen LogP contribution in [0.25, 0.3) is 22.6 Å². The SMILES string of the molecule is Cn1ncc(-c2nc3c(N4CCC(N5C(=O)[N]c6ccccc65)CC4)ncnc3n2C)c1Cl. The zero-order chi connectivity index (χ0) is 22.7. The van der Waals surface area contributed by atoms with Crippen LogP contribution in [0, 0.1) is 0 Å². The van der Waals surface area contributed by atoms with E-state index in [2.05, 4.69) is 25.3 Å². The summed E-state index contributed by atoms with van der Waals surface area (Å²) in [6, 6.07) is 7.62. The van der Waals surface area contributed by atoms with Gasteiger partial charge in [0.1, 0.15) is 17.3 Å². The Morgan fingerprint density at radius 2 is 1.88 bits per heavy atom. The fourth-order valence-corrected chi connectivity index (χ4v) is 4.92. The van der Waals surface area contributed by atoms with Gasteiger partial charge < -0.3 is 9.47 Å². The van der Waals surface area contributed by atoms with Crippen LogP contribution in [0.15, 0.2) is 36.8 Å². The van der Waals surface area contributed by atoms with Crippen molar-refractivity contribution in [2.24, 2.45) is 14.1 Å². The first-order chi connectivity index (χ1) is 16.0. The second-order valence-corrected chi connectivity index (χ2v) is 8.67. The van der Waals surface area contributed by atoms with E-state index in [4.69, 9.17) is 16.6 Å². The largest absolute Gasteiger partial charge is 0.355 e. The molecule has 11 heteroatoms. The van der Waals surface area contributed by atoms with Gasteiger partial charge in [-0.25, -0.2) is 19.7 Å². The number of para-hydroxylation sites is 2. The van der Waals surface area contributed by atoms with Crippen LogP contribution in [0.4, 0.5) is 22.0 Å². The number of hydrogen-bond acceptors (Lipinski definition) is 6. The maximum atomic E-state index is 12.6. The summed E-state index contributed by atoms with van der Waals surface area (Å²) >= 11 is 6.42. The third-order valence-corrected chi connectivity index (χ3v) is 6.88. The van der Waals surface area contributed by atoms with Crippen LogP contribution in [0.2, 0.25) is 5.15 Å². The van der Waals surface area contributed by atoms with E-state index in [-0.39, 0.29) is 12.1 Å². The highest BCUT2D eigenvalue weighted by Gasteiger charge is 2.36. The number of nitrogens with zero attached hydrogens (tertiary/aromatic N) is 9. The first-order valence-corrected chi connectivity index (χ1v) is 11.1. The van der Waals surface area contributed by atoms with E-state index >= 15 is 0 Å². The zero-order valence-electron chi connectivity index (χ0n) is 18.2. The molecule has 1 fully saturated rings. The van der Waals surface area contributed by atoms with E-state index in [9.17, 15) is 4.79 Å². The second-order valence-electron chi connectivity index (χ2n) is 8.31. The molecule has 1 saturated heterocycles. The van der Waals surface area contributed by atoms with E-state index in [1.54, 1.807) is 24.3 Å². The minimum Gasteiger partial charge on any atom is -0.355 e. The monoisotopic (exact) mass is 462 g/mol. The van der Waals surface area contributed by atoms with Crippen LogP contribution >= 0.6 is 11.6 Å². The molecule has 167 valence electrons. The van der Waals surface area contributed by atoms with Gasteiger partial charge in [-0.2, -0.15) is 10.4 Å². The number of halogens is 1. The van der Waals surface area contributed by atoms with Gasteiger partial charge in [0.25, 0.3) is 0 Å². The smallest absolute Gasteiger partial charge is 0.348 e. The third-order valence-electron chi connectivity index (χ3n) is 6.44. The Morgan fingerprint density at radius 3 is 2.64 bits per heavy atom. The molecular formula is C22H21ClN9O. The zero-order valence-corrected chi connectivity index (χ0v) is 18.9. The van der Waals surface area contributed by atoms with Crippen LogP contribution in [0.1, 0.15) is 12.8 Å². The van der Waals surface area contributed by atoms with Gasteiger partial charge in [-0.3, -0.25) is 9.58 Å². The Hall–Kier alpha value is -3.66. The molecule has 0 aliphatic carbocycles. The van der Waals surface area contributed by atoms with Crippen LogP contribution in [-0.2, 0) is 14.1 Å². The summed E-state index contributed by atoms with van der Waals surface area (Å²) in [7, 11) is 3.71. The van der Waals surface area contributed by atoms with Crippen molar-refractivity contribution in [1.29, 1.82) is 0 Å². The van der Waals surface area contributed by atoms with Crippen LogP contribution in [0.5, 0.6) is 0 Å². The molecule has 0 saturated carbocycles. The van der Waals surface area contributed by atoms with Gasteiger partial charge in [-0.05, 0) is 25.0 Å². The number of urea groups is 1. The van der Waals surface area contributed by atoms with Crippen molar-refractivity contribution in [3.05, 3.63) is 41.9 Å². The molecule has 3 aromatic heterocycles. The van der Waals surface area contributed by atoms with Crippen LogP contribution in [0.3, 0.4) is 0 Å². The predicted octanol–water partition coefficient (Wildman–Crippen LogP) is 3.26. The number of aromatic nitrogens is 6. The summed E-state index contributed by atoms with van der Waals surface area (Å²) < 4.78 is 3.52. The first kappa shape index (κ1) is 20.0. The highest BCUT2D eigenvalue weighted by atomic mass is 35.5. The number of benzene rings is 1. The van der Waals surface area contributed by atoms with Gasteiger partial charge >= 0.3 is 6.03 Å².